The fourth-order valence-electron chi connectivity index (χ4n) is 7.14. The van der Waals surface area contributed by atoms with Crippen molar-refractivity contribution in [1.29, 1.82) is 5.26 Å². The number of rotatable bonds is 8. The van der Waals surface area contributed by atoms with Crippen molar-refractivity contribution < 1.29 is 27.4 Å². The highest BCUT2D eigenvalue weighted by Crippen LogP contribution is 2.51. The molecule has 4 aliphatic rings. The van der Waals surface area contributed by atoms with Crippen molar-refractivity contribution in [2.24, 2.45) is 5.41 Å². The Kier molecular flexibility index (Phi) is 7.09. The number of anilines is 1. The first-order valence-corrected chi connectivity index (χ1v) is 15.2. The zero-order valence-corrected chi connectivity index (χ0v) is 24.9. The van der Waals surface area contributed by atoms with Gasteiger partial charge in [-0.25, -0.2) is 18.4 Å². The topological polar surface area (TPSA) is 117 Å². The molecule has 14 heteroatoms. The van der Waals surface area contributed by atoms with Gasteiger partial charge in [0.25, 0.3) is 18.5 Å². The van der Waals surface area contributed by atoms with Gasteiger partial charge < -0.3 is 19.3 Å². The first-order chi connectivity index (χ1) is 21.5. The van der Waals surface area contributed by atoms with Gasteiger partial charge >= 0.3 is 6.01 Å². The molecule has 3 fully saturated rings. The Morgan fingerprint density at radius 1 is 1.16 bits per heavy atom. The Morgan fingerprint density at radius 2 is 1.93 bits per heavy atom. The molecule has 4 heterocycles. The highest BCUT2D eigenvalue weighted by molar-refractivity contribution is 6.67. The van der Waals surface area contributed by atoms with Gasteiger partial charge in [-0.15, -0.1) is 0 Å². The zero-order valence-electron chi connectivity index (χ0n) is 24.9. The number of benzene rings is 1. The summed E-state index contributed by atoms with van der Waals surface area (Å²) in [4.78, 5) is 25.8. The molecular weight excluding hydrogens is 586 g/mol. The molecule has 232 valence electrons. The third-order valence-corrected chi connectivity index (χ3v) is 9.32. The Hall–Kier alpha value is -4.41. The van der Waals surface area contributed by atoms with Crippen molar-refractivity contribution in [1.82, 2.24) is 25.1 Å². The molecule has 7 rings (SSSR count). The van der Waals surface area contributed by atoms with E-state index in [9.17, 15) is 23.2 Å². The minimum atomic E-state index is -2.81. The molecule has 45 heavy (non-hydrogen) atoms. The number of amides is 1. The van der Waals surface area contributed by atoms with Crippen LogP contribution >= 0.6 is 0 Å². The number of ether oxygens (including phenoxy) is 2. The van der Waals surface area contributed by atoms with Gasteiger partial charge in [-0.3, -0.25) is 9.78 Å². The van der Waals surface area contributed by atoms with Crippen molar-refractivity contribution in [2.45, 2.75) is 76.3 Å². The monoisotopic (exact) mass is 617 g/mol. The Balaban J connectivity index is 0.990. The molecule has 2 aromatic heterocycles. The molecule has 1 amide bonds. The lowest BCUT2D eigenvalue weighted by Gasteiger charge is -2.58. The van der Waals surface area contributed by atoms with Crippen LogP contribution in [0.3, 0.4) is 0 Å². The SMILES string of the molecule is CC(C)N(C(=O)c1cc(F)ccc1Oc1nncc(N2CC3(CC(Oc4ccnc5c4CB(C#N)C5)C3)C2)n1)C1CC(F)(F)C1. The number of hydrogen-bond donors (Lipinski definition) is 0. The molecule has 0 N–H and O–H groups in total. The maximum Gasteiger partial charge on any atom is 0.343 e. The summed E-state index contributed by atoms with van der Waals surface area (Å²) in [5, 5.41) is 17.3. The Bertz CT molecular complexity index is 1680. The molecular formula is C31H31BF3N7O3. The summed E-state index contributed by atoms with van der Waals surface area (Å²) < 4.78 is 53.7. The number of carbonyl (C=O) groups is 1. The second-order valence-corrected chi connectivity index (χ2v) is 13.0. The van der Waals surface area contributed by atoms with Gasteiger partial charge in [-0.2, -0.15) is 10.1 Å². The van der Waals surface area contributed by atoms with E-state index in [4.69, 9.17) is 9.47 Å². The number of nitrogens with zero attached hydrogens (tertiary/aromatic N) is 7. The number of aromatic nitrogens is 4. The number of nitriles is 1. The molecule has 10 nitrogen and oxygen atoms in total. The minimum Gasteiger partial charge on any atom is -0.490 e. The van der Waals surface area contributed by atoms with Crippen LogP contribution in [0.2, 0.25) is 0 Å². The number of carbonyl (C=O) groups excluding carboxylic acids is 1. The smallest absolute Gasteiger partial charge is 0.343 e. The Labute approximate surface area is 258 Å². The van der Waals surface area contributed by atoms with Crippen LogP contribution in [0.5, 0.6) is 17.5 Å². The molecule has 0 bridgehead atoms. The summed E-state index contributed by atoms with van der Waals surface area (Å²) in [6.45, 7) is 4.93. The lowest BCUT2D eigenvalue weighted by molar-refractivity contribution is -0.120. The third-order valence-electron chi connectivity index (χ3n) is 9.32. The standard InChI is InChI=1S/C31H31BF3N7O3/c1-18(2)42(20-8-31(34,35)9-20)28(43)22-7-19(33)3-4-25(22)45-29-39-27(14-38-40-29)41-15-30(16-41)10-21(11-30)44-26-5-6-37-24-13-32(17-36)12-23(24)26/h3-7,14,18,20-21H,8-13,15-16H2,1-2H3. The van der Waals surface area contributed by atoms with Crippen LogP contribution < -0.4 is 14.4 Å². The predicted molar refractivity (Wildman–Crippen MR) is 157 cm³/mol. The molecule has 1 aromatic carbocycles. The van der Waals surface area contributed by atoms with Gasteiger partial charge in [-0.1, -0.05) is 5.10 Å². The van der Waals surface area contributed by atoms with E-state index in [1.165, 1.54) is 17.2 Å². The van der Waals surface area contributed by atoms with E-state index >= 15 is 0 Å². The van der Waals surface area contributed by atoms with Crippen LogP contribution in [-0.4, -0.2) is 74.9 Å². The summed E-state index contributed by atoms with van der Waals surface area (Å²) in [6.07, 6.45) is 5.63. The van der Waals surface area contributed by atoms with E-state index in [-0.39, 0.29) is 41.6 Å². The molecule has 3 aromatic rings. The van der Waals surface area contributed by atoms with Gasteiger partial charge in [0.1, 0.15) is 23.4 Å². The average Bonchev–Trinajstić information content (AvgIpc) is 3.38. The Morgan fingerprint density at radius 3 is 2.64 bits per heavy atom. The maximum atomic E-state index is 14.3. The first-order valence-electron chi connectivity index (χ1n) is 15.2. The quantitative estimate of drug-likeness (QED) is 0.334. The van der Waals surface area contributed by atoms with Crippen LogP contribution in [0.4, 0.5) is 19.0 Å². The minimum absolute atomic E-state index is 0.0137. The number of alkyl halides is 2. The molecule has 0 radical (unpaired) electrons. The van der Waals surface area contributed by atoms with Crippen molar-refractivity contribution in [3.05, 3.63) is 59.3 Å². The van der Waals surface area contributed by atoms with E-state index < -0.39 is 36.5 Å². The van der Waals surface area contributed by atoms with Crippen molar-refractivity contribution >= 4 is 18.4 Å². The van der Waals surface area contributed by atoms with Gasteiger partial charge in [-0.05, 0) is 63.6 Å². The van der Waals surface area contributed by atoms with E-state index in [2.05, 4.69) is 31.0 Å². The van der Waals surface area contributed by atoms with Crippen LogP contribution in [0.1, 0.15) is 61.1 Å². The van der Waals surface area contributed by atoms with E-state index in [0.717, 1.165) is 55.1 Å². The third kappa shape index (κ3) is 5.53. The van der Waals surface area contributed by atoms with E-state index in [1.54, 1.807) is 20.0 Å². The highest BCUT2D eigenvalue weighted by Gasteiger charge is 2.54. The molecule has 2 aliphatic carbocycles. The largest absolute Gasteiger partial charge is 0.490 e. The second-order valence-electron chi connectivity index (χ2n) is 13.0. The van der Waals surface area contributed by atoms with Gasteiger partial charge in [0.05, 0.1) is 11.8 Å². The van der Waals surface area contributed by atoms with Crippen LogP contribution in [-0.2, 0) is 12.6 Å². The molecule has 2 aliphatic heterocycles. The summed E-state index contributed by atoms with van der Waals surface area (Å²) in [6, 6.07) is 4.23. The molecule has 1 saturated heterocycles. The average molecular weight is 617 g/mol. The summed E-state index contributed by atoms with van der Waals surface area (Å²) in [5.74, 6) is -0.336. The predicted octanol–water partition coefficient (Wildman–Crippen LogP) is 4.63. The number of halogens is 3. The number of hydrogen-bond acceptors (Lipinski definition) is 9. The maximum absolute atomic E-state index is 14.3. The molecule has 0 unspecified atom stereocenters. The first kappa shape index (κ1) is 29.3. The highest BCUT2D eigenvalue weighted by atomic mass is 19.3. The zero-order chi connectivity index (χ0) is 31.5. The molecule has 2 saturated carbocycles. The van der Waals surface area contributed by atoms with E-state index in [1.807, 2.05) is 6.07 Å². The fourth-order valence-corrected chi connectivity index (χ4v) is 7.14. The van der Waals surface area contributed by atoms with Crippen molar-refractivity contribution in [2.75, 3.05) is 18.0 Å². The summed E-state index contributed by atoms with van der Waals surface area (Å²) in [5.41, 5.74) is 2.01. The van der Waals surface area contributed by atoms with Gasteiger partial charge in [0.2, 0.25) is 0 Å². The van der Waals surface area contributed by atoms with Crippen LogP contribution in [0.25, 0.3) is 0 Å². The van der Waals surface area contributed by atoms with Crippen LogP contribution in [0, 0.1) is 22.5 Å². The molecule has 0 atom stereocenters. The molecule has 1 spiro atoms. The lowest BCUT2D eigenvalue weighted by Crippen LogP contribution is -2.65. The van der Waals surface area contributed by atoms with Crippen LogP contribution in [0.15, 0.2) is 36.7 Å². The van der Waals surface area contributed by atoms with Gasteiger partial charge in [0, 0.05) is 66.9 Å². The summed E-state index contributed by atoms with van der Waals surface area (Å²) in [7, 11) is 0. The van der Waals surface area contributed by atoms with E-state index in [0.29, 0.717) is 18.5 Å². The fraction of sp³-hybridized carbons (Fsp3) is 0.484. The number of fused-ring (bicyclic) bond motifs is 1. The number of pyridine rings is 1. The second kappa shape index (κ2) is 10.9. The lowest BCUT2D eigenvalue weighted by atomic mass is 9.49. The normalized spacial score (nSPS) is 19.8. The summed E-state index contributed by atoms with van der Waals surface area (Å²) >= 11 is 0. The van der Waals surface area contributed by atoms with Crippen molar-refractivity contribution in [3.8, 4) is 23.5 Å². The van der Waals surface area contributed by atoms with Gasteiger partial charge in [0.15, 0.2) is 5.82 Å². The van der Waals surface area contributed by atoms with Crippen molar-refractivity contribution in [3.63, 3.8) is 0 Å².